The lowest BCUT2D eigenvalue weighted by Crippen LogP contribution is -2.49. The minimum Gasteiger partial charge on any atom is -0.495 e. The summed E-state index contributed by atoms with van der Waals surface area (Å²) in [6.07, 6.45) is 1.04. The number of anilines is 2. The van der Waals surface area contributed by atoms with Gasteiger partial charge in [0.2, 0.25) is 11.8 Å². The zero-order valence-corrected chi connectivity index (χ0v) is 22.8. The molecule has 200 valence electrons. The third-order valence-corrected chi connectivity index (χ3v) is 8.02. The van der Waals surface area contributed by atoms with Crippen LogP contribution in [-0.4, -0.2) is 99.7 Å². The number of piperazine rings is 2. The molecule has 0 saturated carbocycles. The van der Waals surface area contributed by atoms with Crippen LogP contribution >= 0.6 is 11.8 Å². The average Bonchev–Trinajstić information content (AvgIpc) is 2.96. The molecule has 2 amide bonds. The van der Waals surface area contributed by atoms with E-state index in [1.165, 1.54) is 0 Å². The lowest BCUT2D eigenvalue weighted by molar-refractivity contribution is -0.131. The van der Waals surface area contributed by atoms with Gasteiger partial charge < -0.3 is 29.1 Å². The summed E-state index contributed by atoms with van der Waals surface area (Å²) in [4.78, 5) is 33.8. The number of benzene rings is 2. The van der Waals surface area contributed by atoms with Crippen molar-refractivity contribution >= 4 is 35.0 Å². The van der Waals surface area contributed by atoms with Crippen LogP contribution in [0.25, 0.3) is 0 Å². The Kier molecular flexibility index (Phi) is 9.82. The molecular weight excluding hydrogens is 488 g/mol. The van der Waals surface area contributed by atoms with Crippen LogP contribution in [0.2, 0.25) is 0 Å². The van der Waals surface area contributed by atoms with Gasteiger partial charge in [-0.15, -0.1) is 0 Å². The highest BCUT2D eigenvalue weighted by Crippen LogP contribution is 2.29. The Morgan fingerprint density at radius 2 is 1.03 bits per heavy atom. The van der Waals surface area contributed by atoms with E-state index in [0.717, 1.165) is 86.7 Å². The van der Waals surface area contributed by atoms with Crippen molar-refractivity contribution in [1.29, 1.82) is 0 Å². The second-order valence-electron chi connectivity index (χ2n) is 9.19. The third-order valence-electron chi connectivity index (χ3n) is 7.04. The molecule has 0 atom stereocenters. The molecule has 2 heterocycles. The van der Waals surface area contributed by atoms with Gasteiger partial charge in [0.25, 0.3) is 0 Å². The van der Waals surface area contributed by atoms with Crippen molar-refractivity contribution in [3.05, 3.63) is 48.5 Å². The molecule has 0 aromatic heterocycles. The highest BCUT2D eigenvalue weighted by atomic mass is 32.2. The lowest BCUT2D eigenvalue weighted by Gasteiger charge is -2.36. The van der Waals surface area contributed by atoms with Crippen LogP contribution in [0.5, 0.6) is 11.5 Å². The van der Waals surface area contributed by atoms with Crippen molar-refractivity contribution in [3.63, 3.8) is 0 Å². The minimum absolute atomic E-state index is 0.200. The zero-order chi connectivity index (χ0) is 26.0. The van der Waals surface area contributed by atoms with Crippen molar-refractivity contribution in [2.45, 2.75) is 12.8 Å². The molecule has 0 aliphatic carbocycles. The number of para-hydroxylation sites is 4. The molecule has 0 unspecified atom stereocenters. The van der Waals surface area contributed by atoms with Crippen LogP contribution in [0.1, 0.15) is 12.8 Å². The molecule has 0 bridgehead atoms. The molecule has 8 nitrogen and oxygen atoms in total. The fourth-order valence-electron chi connectivity index (χ4n) is 4.91. The maximum absolute atomic E-state index is 12.7. The largest absolute Gasteiger partial charge is 0.495 e. The summed E-state index contributed by atoms with van der Waals surface area (Å²) >= 11 is 1.69. The second kappa shape index (κ2) is 13.5. The molecule has 2 aromatic rings. The SMILES string of the molecule is COc1ccccc1N1CCN(C(=O)CCSCCC(=O)N2CCN(c3ccccc3OC)CC2)CC1. The van der Waals surface area contributed by atoms with Gasteiger partial charge in [0.05, 0.1) is 25.6 Å². The maximum atomic E-state index is 12.7. The lowest BCUT2D eigenvalue weighted by atomic mass is 10.2. The van der Waals surface area contributed by atoms with E-state index in [2.05, 4.69) is 21.9 Å². The second-order valence-corrected chi connectivity index (χ2v) is 10.4. The highest BCUT2D eigenvalue weighted by molar-refractivity contribution is 7.99. The Morgan fingerprint density at radius 3 is 1.41 bits per heavy atom. The molecule has 0 radical (unpaired) electrons. The molecule has 2 aliphatic rings. The first kappa shape index (κ1) is 27.0. The molecule has 2 saturated heterocycles. The quantitative estimate of drug-likeness (QED) is 0.441. The number of rotatable bonds is 10. The first-order valence-corrected chi connectivity index (χ1v) is 14.2. The molecule has 0 N–H and O–H groups in total. The first-order chi connectivity index (χ1) is 18.1. The number of thioether (sulfide) groups is 1. The van der Waals surface area contributed by atoms with Gasteiger partial charge in [-0.05, 0) is 24.3 Å². The number of carbonyl (C=O) groups is 2. The molecule has 2 aliphatic heterocycles. The van der Waals surface area contributed by atoms with Gasteiger partial charge in [-0.25, -0.2) is 0 Å². The van der Waals surface area contributed by atoms with Gasteiger partial charge in [-0.2, -0.15) is 11.8 Å². The number of nitrogens with zero attached hydrogens (tertiary/aromatic N) is 4. The number of ether oxygens (including phenoxy) is 2. The number of hydrogen-bond donors (Lipinski definition) is 0. The van der Waals surface area contributed by atoms with Gasteiger partial charge in [0, 0.05) is 76.7 Å². The van der Waals surface area contributed by atoms with E-state index in [1.54, 1.807) is 26.0 Å². The molecular formula is C28H38N4O4S. The number of amides is 2. The van der Waals surface area contributed by atoms with Crippen LogP contribution in [0, 0.1) is 0 Å². The van der Waals surface area contributed by atoms with Crippen molar-refractivity contribution in [3.8, 4) is 11.5 Å². The summed E-state index contributed by atoms with van der Waals surface area (Å²) in [5.74, 6) is 3.64. The third kappa shape index (κ3) is 7.03. The average molecular weight is 527 g/mol. The predicted octanol–water partition coefficient (Wildman–Crippen LogP) is 3.21. The fourth-order valence-corrected chi connectivity index (χ4v) is 5.75. The van der Waals surface area contributed by atoms with Crippen molar-refractivity contribution < 1.29 is 19.1 Å². The van der Waals surface area contributed by atoms with Crippen LogP contribution in [0.15, 0.2) is 48.5 Å². The summed E-state index contributed by atoms with van der Waals surface area (Å²) in [6.45, 7) is 6.11. The smallest absolute Gasteiger partial charge is 0.223 e. The minimum atomic E-state index is 0.200. The van der Waals surface area contributed by atoms with E-state index in [0.29, 0.717) is 12.8 Å². The Balaban J connectivity index is 1.10. The summed E-state index contributed by atoms with van der Waals surface area (Å²) in [5, 5.41) is 0. The topological polar surface area (TPSA) is 65.6 Å². The monoisotopic (exact) mass is 526 g/mol. The normalized spacial score (nSPS) is 16.1. The van der Waals surface area contributed by atoms with E-state index in [9.17, 15) is 9.59 Å². The number of methoxy groups -OCH3 is 2. The molecule has 37 heavy (non-hydrogen) atoms. The Bertz CT molecular complexity index is 955. The van der Waals surface area contributed by atoms with Crippen LogP contribution in [0.4, 0.5) is 11.4 Å². The Hall–Kier alpha value is -3.07. The van der Waals surface area contributed by atoms with Crippen LogP contribution < -0.4 is 19.3 Å². The molecule has 9 heteroatoms. The van der Waals surface area contributed by atoms with Crippen molar-refractivity contribution in [1.82, 2.24) is 9.80 Å². The summed E-state index contributed by atoms with van der Waals surface area (Å²) in [7, 11) is 3.38. The Labute approximate surface area is 224 Å². The van der Waals surface area contributed by atoms with E-state index >= 15 is 0 Å². The standard InChI is InChI=1S/C28H38N4O4S/c1-35-25-9-5-3-7-23(25)29-13-17-31(18-14-29)27(33)11-21-37-22-12-28(34)32-19-15-30(16-20-32)24-8-4-6-10-26(24)36-2/h3-10H,11-22H2,1-2H3. The number of hydrogen-bond acceptors (Lipinski definition) is 7. The zero-order valence-electron chi connectivity index (χ0n) is 21.9. The number of carbonyl (C=O) groups excluding carboxylic acids is 2. The van der Waals surface area contributed by atoms with Crippen LogP contribution in [0.3, 0.4) is 0 Å². The van der Waals surface area contributed by atoms with Crippen molar-refractivity contribution in [2.75, 3.05) is 87.9 Å². The van der Waals surface area contributed by atoms with Gasteiger partial charge in [0.15, 0.2) is 0 Å². The van der Waals surface area contributed by atoms with Crippen LogP contribution in [-0.2, 0) is 9.59 Å². The Morgan fingerprint density at radius 1 is 0.649 bits per heavy atom. The molecule has 2 aromatic carbocycles. The summed E-state index contributed by atoms with van der Waals surface area (Å²) in [5.41, 5.74) is 2.16. The summed E-state index contributed by atoms with van der Waals surface area (Å²) in [6, 6.07) is 16.0. The first-order valence-electron chi connectivity index (χ1n) is 13.0. The molecule has 2 fully saturated rings. The fraction of sp³-hybridized carbons (Fsp3) is 0.500. The molecule has 4 rings (SSSR count). The van der Waals surface area contributed by atoms with Gasteiger partial charge in [-0.3, -0.25) is 9.59 Å². The predicted molar refractivity (Wildman–Crippen MR) is 150 cm³/mol. The van der Waals surface area contributed by atoms with Gasteiger partial charge >= 0.3 is 0 Å². The highest BCUT2D eigenvalue weighted by Gasteiger charge is 2.24. The van der Waals surface area contributed by atoms with E-state index in [1.807, 2.05) is 46.2 Å². The van der Waals surface area contributed by atoms with E-state index in [4.69, 9.17) is 9.47 Å². The van der Waals surface area contributed by atoms with E-state index in [-0.39, 0.29) is 11.8 Å². The molecule has 0 spiro atoms. The van der Waals surface area contributed by atoms with Gasteiger partial charge in [-0.1, -0.05) is 24.3 Å². The van der Waals surface area contributed by atoms with Gasteiger partial charge in [0.1, 0.15) is 11.5 Å². The summed E-state index contributed by atoms with van der Waals surface area (Å²) < 4.78 is 11.0. The maximum Gasteiger partial charge on any atom is 0.223 e. The van der Waals surface area contributed by atoms with E-state index < -0.39 is 0 Å². The van der Waals surface area contributed by atoms with Crippen molar-refractivity contribution in [2.24, 2.45) is 0 Å².